The maximum atomic E-state index is 12.7. The standard InChI is InChI=1S/C23H23NO6/c1-14(30-17-10-9-15-7-5-6-8-16(15)11-17)22(25)24-19-13-21(28-3)20(27-2)12-18(19)23(26)29-4/h5-14H,1-4H3,(H,24,25). The van der Waals surface area contributed by atoms with Crippen molar-refractivity contribution in [2.24, 2.45) is 0 Å². The van der Waals surface area contributed by atoms with Crippen molar-refractivity contribution in [1.29, 1.82) is 0 Å². The first kappa shape index (κ1) is 21.0. The van der Waals surface area contributed by atoms with Gasteiger partial charge in [-0.3, -0.25) is 4.79 Å². The van der Waals surface area contributed by atoms with Crippen LogP contribution in [-0.4, -0.2) is 39.3 Å². The molecule has 0 aromatic heterocycles. The first-order valence-corrected chi connectivity index (χ1v) is 9.27. The minimum Gasteiger partial charge on any atom is -0.493 e. The first-order valence-electron chi connectivity index (χ1n) is 9.27. The van der Waals surface area contributed by atoms with Crippen LogP contribution in [0.15, 0.2) is 54.6 Å². The highest BCUT2D eigenvalue weighted by atomic mass is 16.5. The molecule has 7 heteroatoms. The molecular formula is C23H23NO6. The topological polar surface area (TPSA) is 83.1 Å². The van der Waals surface area contributed by atoms with E-state index in [1.165, 1.54) is 33.5 Å². The lowest BCUT2D eigenvalue weighted by Gasteiger charge is -2.18. The molecule has 156 valence electrons. The van der Waals surface area contributed by atoms with Crippen LogP contribution in [0.5, 0.6) is 17.2 Å². The summed E-state index contributed by atoms with van der Waals surface area (Å²) < 4.78 is 21.1. The highest BCUT2D eigenvalue weighted by Gasteiger charge is 2.22. The van der Waals surface area contributed by atoms with Gasteiger partial charge in [-0.25, -0.2) is 4.79 Å². The van der Waals surface area contributed by atoms with E-state index in [0.717, 1.165) is 10.8 Å². The minimum absolute atomic E-state index is 0.140. The third-order valence-electron chi connectivity index (χ3n) is 4.59. The van der Waals surface area contributed by atoms with E-state index in [-0.39, 0.29) is 11.3 Å². The lowest BCUT2D eigenvalue weighted by Crippen LogP contribution is -2.30. The van der Waals surface area contributed by atoms with Crippen molar-refractivity contribution in [3.63, 3.8) is 0 Å². The average Bonchev–Trinajstić information content (AvgIpc) is 2.77. The number of carbonyl (C=O) groups excluding carboxylic acids is 2. The van der Waals surface area contributed by atoms with Crippen LogP contribution in [0.1, 0.15) is 17.3 Å². The van der Waals surface area contributed by atoms with Gasteiger partial charge in [0.25, 0.3) is 5.91 Å². The second kappa shape index (κ2) is 9.17. The Kier molecular flexibility index (Phi) is 6.41. The van der Waals surface area contributed by atoms with E-state index in [9.17, 15) is 9.59 Å². The molecule has 0 fully saturated rings. The number of esters is 1. The molecule has 0 saturated heterocycles. The summed E-state index contributed by atoms with van der Waals surface area (Å²) in [5, 5.41) is 4.80. The monoisotopic (exact) mass is 409 g/mol. The van der Waals surface area contributed by atoms with Crippen LogP contribution in [-0.2, 0) is 9.53 Å². The van der Waals surface area contributed by atoms with Gasteiger partial charge in [0.2, 0.25) is 0 Å². The number of ether oxygens (including phenoxy) is 4. The number of hydrogen-bond acceptors (Lipinski definition) is 6. The summed E-state index contributed by atoms with van der Waals surface area (Å²) in [6.07, 6.45) is -0.815. The van der Waals surface area contributed by atoms with Crippen LogP contribution in [0.4, 0.5) is 5.69 Å². The summed E-state index contributed by atoms with van der Waals surface area (Å²) in [6, 6.07) is 16.4. The van der Waals surface area contributed by atoms with Crippen LogP contribution >= 0.6 is 0 Å². The van der Waals surface area contributed by atoms with Crippen LogP contribution in [0, 0.1) is 0 Å². The predicted molar refractivity (Wildman–Crippen MR) is 114 cm³/mol. The number of fused-ring (bicyclic) bond motifs is 1. The van der Waals surface area contributed by atoms with Gasteiger partial charge in [-0.2, -0.15) is 0 Å². The fourth-order valence-electron chi connectivity index (χ4n) is 2.99. The molecule has 3 rings (SSSR count). The molecule has 3 aromatic rings. The van der Waals surface area contributed by atoms with Gasteiger partial charge in [0.1, 0.15) is 5.75 Å². The van der Waals surface area contributed by atoms with Gasteiger partial charge in [-0.05, 0) is 29.8 Å². The Morgan fingerprint density at radius 1 is 0.867 bits per heavy atom. The van der Waals surface area contributed by atoms with Gasteiger partial charge >= 0.3 is 5.97 Å². The molecule has 1 unspecified atom stereocenters. The molecule has 7 nitrogen and oxygen atoms in total. The van der Waals surface area contributed by atoms with E-state index in [1.807, 2.05) is 42.5 Å². The number of carbonyl (C=O) groups is 2. The predicted octanol–water partition coefficient (Wildman–Crippen LogP) is 4.05. The van der Waals surface area contributed by atoms with Gasteiger partial charge in [-0.1, -0.05) is 30.3 Å². The molecule has 0 aliphatic heterocycles. The molecule has 0 saturated carbocycles. The lowest BCUT2D eigenvalue weighted by atomic mass is 10.1. The molecule has 3 aromatic carbocycles. The fourth-order valence-corrected chi connectivity index (χ4v) is 2.99. The zero-order chi connectivity index (χ0) is 21.7. The van der Waals surface area contributed by atoms with Crippen molar-refractivity contribution >= 4 is 28.3 Å². The Bertz CT molecular complexity index is 1080. The molecular weight excluding hydrogens is 386 g/mol. The lowest BCUT2D eigenvalue weighted by molar-refractivity contribution is -0.122. The van der Waals surface area contributed by atoms with Crippen LogP contribution < -0.4 is 19.5 Å². The number of benzene rings is 3. The number of rotatable bonds is 7. The van der Waals surface area contributed by atoms with Gasteiger partial charge < -0.3 is 24.3 Å². The molecule has 0 bridgehead atoms. The fraction of sp³-hybridized carbons (Fsp3) is 0.217. The minimum atomic E-state index is -0.815. The van der Waals surface area contributed by atoms with Crippen LogP contribution in [0.2, 0.25) is 0 Å². The third kappa shape index (κ3) is 4.46. The summed E-state index contributed by atoms with van der Waals surface area (Å²) in [7, 11) is 4.18. The number of anilines is 1. The van der Waals surface area contributed by atoms with Gasteiger partial charge in [0.15, 0.2) is 17.6 Å². The van der Waals surface area contributed by atoms with E-state index in [2.05, 4.69) is 5.32 Å². The third-order valence-corrected chi connectivity index (χ3v) is 4.59. The molecule has 0 heterocycles. The number of nitrogens with one attached hydrogen (secondary N) is 1. The van der Waals surface area contributed by atoms with Crippen molar-refractivity contribution in [2.45, 2.75) is 13.0 Å². The summed E-state index contributed by atoms with van der Waals surface area (Å²) >= 11 is 0. The molecule has 1 N–H and O–H groups in total. The zero-order valence-corrected chi connectivity index (χ0v) is 17.2. The highest BCUT2D eigenvalue weighted by Crippen LogP contribution is 2.34. The Labute approximate surface area is 174 Å². The molecule has 1 atom stereocenters. The van der Waals surface area contributed by atoms with Gasteiger partial charge in [0.05, 0.1) is 32.6 Å². The number of methoxy groups -OCH3 is 3. The van der Waals surface area contributed by atoms with E-state index < -0.39 is 18.0 Å². The van der Waals surface area contributed by atoms with Gasteiger partial charge in [0, 0.05) is 12.1 Å². The second-order valence-electron chi connectivity index (χ2n) is 6.50. The first-order chi connectivity index (χ1) is 14.5. The van der Waals surface area contributed by atoms with E-state index in [1.54, 1.807) is 6.92 Å². The van der Waals surface area contributed by atoms with Crippen molar-refractivity contribution in [1.82, 2.24) is 0 Å². The normalized spacial score (nSPS) is 11.5. The van der Waals surface area contributed by atoms with Crippen molar-refractivity contribution in [2.75, 3.05) is 26.6 Å². The van der Waals surface area contributed by atoms with E-state index in [0.29, 0.717) is 17.2 Å². The Balaban J connectivity index is 1.81. The van der Waals surface area contributed by atoms with Gasteiger partial charge in [-0.15, -0.1) is 0 Å². The molecule has 0 aliphatic carbocycles. The molecule has 0 aliphatic rings. The molecule has 0 spiro atoms. The Morgan fingerprint density at radius 3 is 2.20 bits per heavy atom. The smallest absolute Gasteiger partial charge is 0.340 e. The van der Waals surface area contributed by atoms with Crippen molar-refractivity contribution in [3.8, 4) is 17.2 Å². The summed E-state index contributed by atoms with van der Waals surface area (Å²) in [5.74, 6) is 0.228. The second-order valence-corrected chi connectivity index (χ2v) is 6.50. The zero-order valence-electron chi connectivity index (χ0n) is 17.2. The Hall–Kier alpha value is -3.74. The summed E-state index contributed by atoms with van der Waals surface area (Å²) in [6.45, 7) is 1.63. The summed E-state index contributed by atoms with van der Waals surface area (Å²) in [4.78, 5) is 24.9. The largest absolute Gasteiger partial charge is 0.493 e. The maximum absolute atomic E-state index is 12.7. The van der Waals surface area contributed by atoms with Crippen molar-refractivity contribution < 1.29 is 28.5 Å². The average molecular weight is 409 g/mol. The highest BCUT2D eigenvalue weighted by molar-refractivity contribution is 6.03. The van der Waals surface area contributed by atoms with E-state index >= 15 is 0 Å². The number of amides is 1. The quantitative estimate of drug-likeness (QED) is 0.593. The molecule has 1 amide bonds. The SMILES string of the molecule is COC(=O)c1cc(OC)c(OC)cc1NC(=O)C(C)Oc1ccc2ccccc2c1. The van der Waals surface area contributed by atoms with Crippen LogP contribution in [0.3, 0.4) is 0 Å². The molecule has 30 heavy (non-hydrogen) atoms. The number of hydrogen-bond donors (Lipinski definition) is 1. The van der Waals surface area contributed by atoms with Crippen LogP contribution in [0.25, 0.3) is 10.8 Å². The maximum Gasteiger partial charge on any atom is 0.340 e. The van der Waals surface area contributed by atoms with Crippen molar-refractivity contribution in [3.05, 3.63) is 60.2 Å². The Morgan fingerprint density at radius 2 is 1.53 bits per heavy atom. The molecule has 0 radical (unpaired) electrons. The summed E-state index contributed by atoms with van der Waals surface area (Å²) in [5.41, 5.74) is 0.375. The van der Waals surface area contributed by atoms with E-state index in [4.69, 9.17) is 18.9 Å².